The Morgan fingerprint density at radius 2 is 2.17 bits per heavy atom. The fraction of sp³-hybridized carbons (Fsp3) is 0.500. The number of anilines is 1. The van der Waals surface area contributed by atoms with Crippen LogP contribution < -0.4 is 5.32 Å². The van der Waals surface area contributed by atoms with Crippen molar-refractivity contribution in [3.05, 3.63) is 32.3 Å². The fourth-order valence-electron chi connectivity index (χ4n) is 1.59. The van der Waals surface area contributed by atoms with Crippen molar-refractivity contribution in [3.8, 4) is 0 Å². The van der Waals surface area contributed by atoms with Gasteiger partial charge in [-0.2, -0.15) is 11.8 Å². The monoisotopic (exact) mass is 332 g/mol. The molecule has 0 saturated heterocycles. The number of hydrogen-bond donors (Lipinski definition) is 1. The molecule has 0 saturated carbocycles. The molecule has 6 heteroatoms. The van der Waals surface area contributed by atoms with Crippen LogP contribution in [0.5, 0.6) is 0 Å². The molecular formula is C12H17BrN2O2S. The Hall–Kier alpha value is -0.750. The van der Waals surface area contributed by atoms with Crippen molar-refractivity contribution in [1.82, 2.24) is 0 Å². The van der Waals surface area contributed by atoms with Gasteiger partial charge in [0.25, 0.3) is 5.69 Å². The van der Waals surface area contributed by atoms with Crippen LogP contribution in [0.25, 0.3) is 0 Å². The van der Waals surface area contributed by atoms with Gasteiger partial charge in [0.2, 0.25) is 0 Å². The summed E-state index contributed by atoms with van der Waals surface area (Å²) in [6.07, 6.45) is 4.31. The summed E-state index contributed by atoms with van der Waals surface area (Å²) in [6.45, 7) is 2.57. The minimum absolute atomic E-state index is 0.157. The highest BCUT2D eigenvalue weighted by Gasteiger charge is 2.13. The molecule has 1 rings (SSSR count). The van der Waals surface area contributed by atoms with E-state index in [4.69, 9.17) is 0 Å². The Morgan fingerprint density at radius 3 is 2.78 bits per heavy atom. The summed E-state index contributed by atoms with van der Waals surface area (Å²) < 4.78 is 0.871. The normalized spacial score (nSPS) is 10.4. The first-order valence-electron chi connectivity index (χ1n) is 5.73. The zero-order valence-corrected chi connectivity index (χ0v) is 12.9. The summed E-state index contributed by atoms with van der Waals surface area (Å²) in [6, 6.07) is 3.37. The molecule has 0 aliphatic rings. The van der Waals surface area contributed by atoms with Gasteiger partial charge in [0.05, 0.1) is 10.6 Å². The molecule has 0 amide bonds. The maximum absolute atomic E-state index is 10.9. The molecule has 4 nitrogen and oxygen atoms in total. The van der Waals surface area contributed by atoms with E-state index in [1.54, 1.807) is 19.1 Å². The standard InChI is InChI=1S/C12H17BrN2O2S/c1-9-7-10(13)11(8-12(9)15(16)17)14-5-3-4-6-18-2/h7-8,14H,3-6H2,1-2H3. The van der Waals surface area contributed by atoms with E-state index < -0.39 is 0 Å². The summed E-state index contributed by atoms with van der Waals surface area (Å²) in [5, 5.41) is 14.1. The van der Waals surface area contributed by atoms with Crippen molar-refractivity contribution in [2.24, 2.45) is 0 Å². The first-order chi connectivity index (χ1) is 8.56. The minimum atomic E-state index is -0.347. The molecule has 1 N–H and O–H groups in total. The molecule has 0 aliphatic heterocycles. The summed E-state index contributed by atoms with van der Waals surface area (Å²) >= 11 is 5.26. The fourth-order valence-corrected chi connectivity index (χ4v) is 2.68. The van der Waals surface area contributed by atoms with Crippen LogP contribution in [0.4, 0.5) is 11.4 Å². The van der Waals surface area contributed by atoms with E-state index in [0.717, 1.165) is 35.3 Å². The molecule has 100 valence electrons. The van der Waals surface area contributed by atoms with E-state index >= 15 is 0 Å². The predicted octanol–water partition coefficient (Wildman–Crippen LogP) is 4.22. The molecule has 18 heavy (non-hydrogen) atoms. The Morgan fingerprint density at radius 1 is 1.44 bits per heavy atom. The van der Waals surface area contributed by atoms with Gasteiger partial charge in [0, 0.05) is 22.6 Å². The Labute approximate surface area is 120 Å². The van der Waals surface area contributed by atoms with Gasteiger partial charge in [-0.3, -0.25) is 10.1 Å². The van der Waals surface area contributed by atoms with Crippen LogP contribution in [-0.4, -0.2) is 23.5 Å². The van der Waals surface area contributed by atoms with E-state index in [-0.39, 0.29) is 10.6 Å². The number of benzene rings is 1. The van der Waals surface area contributed by atoms with Crippen molar-refractivity contribution < 1.29 is 4.92 Å². The van der Waals surface area contributed by atoms with Crippen molar-refractivity contribution >= 4 is 39.1 Å². The van der Waals surface area contributed by atoms with Crippen molar-refractivity contribution in [2.75, 3.05) is 23.9 Å². The van der Waals surface area contributed by atoms with Gasteiger partial charge in [-0.1, -0.05) is 0 Å². The third kappa shape index (κ3) is 4.49. The topological polar surface area (TPSA) is 55.2 Å². The van der Waals surface area contributed by atoms with Gasteiger partial charge in [-0.25, -0.2) is 0 Å². The highest BCUT2D eigenvalue weighted by molar-refractivity contribution is 9.10. The SMILES string of the molecule is CSCCCCNc1cc([N+](=O)[O-])c(C)cc1Br. The molecule has 0 fully saturated rings. The van der Waals surface area contributed by atoms with Crippen LogP contribution in [0.1, 0.15) is 18.4 Å². The molecule has 0 atom stereocenters. The number of rotatable bonds is 7. The average molecular weight is 333 g/mol. The Balaban J connectivity index is 2.65. The summed E-state index contributed by atoms with van der Waals surface area (Å²) in [5.41, 5.74) is 1.61. The van der Waals surface area contributed by atoms with Crippen molar-refractivity contribution in [2.45, 2.75) is 19.8 Å². The Kier molecular flexibility index (Phi) is 6.49. The molecule has 0 unspecified atom stereocenters. The molecule has 0 spiro atoms. The minimum Gasteiger partial charge on any atom is -0.384 e. The second kappa shape index (κ2) is 7.63. The molecule has 0 aliphatic carbocycles. The highest BCUT2D eigenvalue weighted by Crippen LogP contribution is 2.30. The van der Waals surface area contributed by atoms with E-state index in [9.17, 15) is 10.1 Å². The zero-order chi connectivity index (χ0) is 13.5. The number of halogens is 1. The van der Waals surface area contributed by atoms with Crippen LogP contribution in [-0.2, 0) is 0 Å². The molecule has 0 heterocycles. The summed E-state index contributed by atoms with van der Waals surface area (Å²) in [5.74, 6) is 1.15. The average Bonchev–Trinajstić information content (AvgIpc) is 2.30. The molecule has 0 bridgehead atoms. The molecule has 1 aromatic rings. The van der Waals surface area contributed by atoms with Crippen molar-refractivity contribution in [3.63, 3.8) is 0 Å². The summed E-state index contributed by atoms with van der Waals surface area (Å²) in [7, 11) is 0. The van der Waals surface area contributed by atoms with Gasteiger partial charge in [-0.05, 0) is 53.8 Å². The second-order valence-corrected chi connectivity index (χ2v) is 5.84. The van der Waals surface area contributed by atoms with E-state index in [0.29, 0.717) is 5.56 Å². The number of nitro groups is 1. The molecule has 1 aromatic carbocycles. The Bertz CT molecular complexity index is 427. The third-order valence-electron chi connectivity index (χ3n) is 2.57. The number of nitrogens with one attached hydrogen (secondary N) is 1. The summed E-state index contributed by atoms with van der Waals surface area (Å²) in [4.78, 5) is 10.5. The van der Waals surface area contributed by atoms with Crippen LogP contribution in [0.2, 0.25) is 0 Å². The number of hydrogen-bond acceptors (Lipinski definition) is 4. The molecule has 0 radical (unpaired) electrons. The zero-order valence-electron chi connectivity index (χ0n) is 10.5. The number of unbranched alkanes of at least 4 members (excludes halogenated alkanes) is 1. The van der Waals surface area contributed by atoms with E-state index in [1.807, 2.05) is 11.8 Å². The van der Waals surface area contributed by atoms with Gasteiger partial charge >= 0.3 is 0 Å². The molecule has 0 aromatic heterocycles. The van der Waals surface area contributed by atoms with Gasteiger partial charge in [0.15, 0.2) is 0 Å². The maximum atomic E-state index is 10.9. The number of nitro benzene ring substituents is 1. The quantitative estimate of drug-likeness (QED) is 0.461. The van der Waals surface area contributed by atoms with E-state index in [1.165, 1.54) is 0 Å². The lowest BCUT2D eigenvalue weighted by Gasteiger charge is -2.09. The van der Waals surface area contributed by atoms with Crippen LogP contribution in [0.15, 0.2) is 16.6 Å². The number of thioether (sulfide) groups is 1. The molecular weight excluding hydrogens is 316 g/mol. The lowest BCUT2D eigenvalue weighted by molar-refractivity contribution is -0.385. The number of nitrogens with zero attached hydrogens (tertiary/aromatic N) is 1. The first kappa shape index (κ1) is 15.3. The van der Waals surface area contributed by atoms with Gasteiger partial charge in [0.1, 0.15) is 0 Å². The predicted molar refractivity (Wildman–Crippen MR) is 81.6 cm³/mol. The number of aryl methyl sites for hydroxylation is 1. The largest absolute Gasteiger partial charge is 0.384 e. The van der Waals surface area contributed by atoms with Gasteiger partial charge < -0.3 is 5.32 Å². The first-order valence-corrected chi connectivity index (χ1v) is 7.92. The lowest BCUT2D eigenvalue weighted by Crippen LogP contribution is -2.04. The van der Waals surface area contributed by atoms with Crippen molar-refractivity contribution in [1.29, 1.82) is 0 Å². The maximum Gasteiger partial charge on any atom is 0.274 e. The smallest absolute Gasteiger partial charge is 0.274 e. The van der Waals surface area contributed by atoms with E-state index in [2.05, 4.69) is 27.5 Å². The highest BCUT2D eigenvalue weighted by atomic mass is 79.9. The van der Waals surface area contributed by atoms with Crippen LogP contribution in [0.3, 0.4) is 0 Å². The van der Waals surface area contributed by atoms with Crippen LogP contribution >= 0.6 is 27.7 Å². The third-order valence-corrected chi connectivity index (χ3v) is 3.93. The van der Waals surface area contributed by atoms with Gasteiger partial charge in [-0.15, -0.1) is 0 Å². The second-order valence-electron chi connectivity index (χ2n) is 4.00. The lowest BCUT2D eigenvalue weighted by atomic mass is 10.2. The van der Waals surface area contributed by atoms with Crippen LogP contribution in [0, 0.1) is 17.0 Å².